The van der Waals surface area contributed by atoms with Gasteiger partial charge in [-0.05, 0) is 19.4 Å². The Balaban J connectivity index is 2.96. The molecule has 15 heavy (non-hydrogen) atoms. The summed E-state index contributed by atoms with van der Waals surface area (Å²) < 4.78 is 44.6. The first-order chi connectivity index (χ1) is 6.76. The molecule has 1 saturated heterocycles. The van der Waals surface area contributed by atoms with Gasteiger partial charge in [-0.15, -0.1) is 0 Å². The number of cyclic esters (lactones) is 1. The molecule has 0 saturated carbocycles. The van der Waals surface area contributed by atoms with Gasteiger partial charge in [0.25, 0.3) is 0 Å². The Labute approximate surface area is 86.1 Å². The maximum absolute atomic E-state index is 13.5. The molecule has 0 spiro atoms. The molecule has 5 heteroatoms. The highest BCUT2D eigenvalue weighted by Gasteiger charge is 2.53. The summed E-state index contributed by atoms with van der Waals surface area (Å²) in [5.41, 5.74) is -0.102. The second-order valence-electron chi connectivity index (χ2n) is 4.03. The smallest absolute Gasteiger partial charge is 0.334 e. The van der Waals surface area contributed by atoms with Crippen molar-refractivity contribution in [2.45, 2.75) is 39.2 Å². The molecule has 0 N–H and O–H groups in total. The number of halogens is 3. The largest absolute Gasteiger partial charge is 0.455 e. The molecule has 0 unspecified atom stereocenters. The molecule has 1 aliphatic rings. The quantitative estimate of drug-likeness (QED) is 0.671. The van der Waals surface area contributed by atoms with Gasteiger partial charge in [-0.3, -0.25) is 4.79 Å². The van der Waals surface area contributed by atoms with Crippen molar-refractivity contribution < 1.29 is 22.7 Å². The number of alkyl halides is 2. The van der Waals surface area contributed by atoms with E-state index in [0.717, 1.165) is 0 Å². The Hall–Kier alpha value is -1.00. The molecule has 1 rings (SSSR count). The van der Waals surface area contributed by atoms with Crippen molar-refractivity contribution in [3.63, 3.8) is 0 Å². The first-order valence-electron chi connectivity index (χ1n) is 4.67. The first-order valence-corrected chi connectivity index (χ1v) is 4.67. The Morgan fingerprint density at radius 3 is 2.33 bits per heavy atom. The van der Waals surface area contributed by atoms with Crippen LogP contribution < -0.4 is 0 Å². The molecular formula is C10H13F3O2. The summed E-state index contributed by atoms with van der Waals surface area (Å²) in [6, 6.07) is 0. The average Bonchev–Trinajstić information content (AvgIpc) is 2.44. The van der Waals surface area contributed by atoms with E-state index in [1.54, 1.807) is 0 Å². The van der Waals surface area contributed by atoms with Crippen LogP contribution in [0.3, 0.4) is 0 Å². The highest BCUT2D eigenvalue weighted by Crippen LogP contribution is 2.40. The average molecular weight is 222 g/mol. The molecule has 1 fully saturated rings. The van der Waals surface area contributed by atoms with E-state index in [1.165, 1.54) is 20.8 Å². The van der Waals surface area contributed by atoms with Gasteiger partial charge in [0, 0.05) is 5.92 Å². The van der Waals surface area contributed by atoms with Gasteiger partial charge in [-0.25, -0.2) is 4.39 Å². The summed E-state index contributed by atoms with van der Waals surface area (Å²) in [5.74, 6) is -6.59. The summed E-state index contributed by atoms with van der Waals surface area (Å²) in [6.07, 6.45) is -1.77. The number of ether oxygens (including phenoxy) is 1. The SMILES string of the molecule is CC(C)=C(F)C(F)(F)[C@@H]1OC(=O)C[C@@H]1C. The van der Waals surface area contributed by atoms with Crippen LogP contribution in [0.4, 0.5) is 13.2 Å². The van der Waals surface area contributed by atoms with Crippen LogP contribution in [0.1, 0.15) is 27.2 Å². The molecule has 0 aromatic carbocycles. The maximum Gasteiger partial charge on any atom is 0.334 e. The monoisotopic (exact) mass is 222 g/mol. The van der Waals surface area contributed by atoms with Crippen LogP contribution in [0.2, 0.25) is 0 Å². The van der Waals surface area contributed by atoms with Crippen molar-refractivity contribution in [1.29, 1.82) is 0 Å². The number of hydrogen-bond acceptors (Lipinski definition) is 2. The van der Waals surface area contributed by atoms with Crippen molar-refractivity contribution in [2.24, 2.45) is 5.92 Å². The Bertz CT molecular complexity index is 306. The number of carbonyl (C=O) groups excluding carboxylic acids is 1. The lowest BCUT2D eigenvalue weighted by Gasteiger charge is -2.24. The molecule has 1 heterocycles. The highest BCUT2D eigenvalue weighted by molar-refractivity contribution is 5.72. The van der Waals surface area contributed by atoms with Gasteiger partial charge in [0.15, 0.2) is 11.9 Å². The summed E-state index contributed by atoms with van der Waals surface area (Å²) in [5, 5.41) is 0. The topological polar surface area (TPSA) is 26.3 Å². The van der Waals surface area contributed by atoms with Crippen LogP contribution in [0.25, 0.3) is 0 Å². The van der Waals surface area contributed by atoms with Crippen molar-refractivity contribution in [2.75, 3.05) is 0 Å². The van der Waals surface area contributed by atoms with Gasteiger partial charge < -0.3 is 4.74 Å². The second-order valence-corrected chi connectivity index (χ2v) is 4.03. The Morgan fingerprint density at radius 2 is 2.00 bits per heavy atom. The molecular weight excluding hydrogens is 209 g/mol. The molecule has 0 amide bonds. The van der Waals surface area contributed by atoms with Gasteiger partial charge in [-0.1, -0.05) is 6.92 Å². The van der Waals surface area contributed by atoms with Gasteiger partial charge >= 0.3 is 11.9 Å². The third-order valence-corrected chi connectivity index (χ3v) is 2.35. The molecule has 1 aliphatic heterocycles. The molecule has 2 atom stereocenters. The minimum absolute atomic E-state index is 0.0870. The number of rotatable bonds is 2. The molecule has 0 aromatic rings. The van der Waals surface area contributed by atoms with Crippen LogP contribution >= 0.6 is 0 Å². The fourth-order valence-corrected chi connectivity index (χ4v) is 1.57. The van der Waals surface area contributed by atoms with Gasteiger partial charge in [0.05, 0.1) is 6.42 Å². The van der Waals surface area contributed by atoms with Crippen molar-refractivity contribution in [1.82, 2.24) is 0 Å². The van der Waals surface area contributed by atoms with Crippen LogP contribution in [0.15, 0.2) is 11.4 Å². The van der Waals surface area contributed by atoms with E-state index < -0.39 is 29.7 Å². The summed E-state index contributed by atoms with van der Waals surface area (Å²) >= 11 is 0. The zero-order valence-electron chi connectivity index (χ0n) is 8.81. The minimum Gasteiger partial charge on any atom is -0.455 e. The zero-order chi connectivity index (χ0) is 11.8. The number of esters is 1. The van der Waals surface area contributed by atoms with E-state index in [1.807, 2.05) is 0 Å². The van der Waals surface area contributed by atoms with Crippen LogP contribution in [0, 0.1) is 5.92 Å². The number of carbonyl (C=O) groups is 1. The van der Waals surface area contributed by atoms with E-state index in [4.69, 9.17) is 0 Å². The Morgan fingerprint density at radius 1 is 1.47 bits per heavy atom. The summed E-state index contributed by atoms with van der Waals surface area (Å²) in [6.45, 7) is 3.96. The van der Waals surface area contributed by atoms with E-state index in [2.05, 4.69) is 4.74 Å². The van der Waals surface area contributed by atoms with Gasteiger partial charge in [0.1, 0.15) is 0 Å². The number of hydrogen-bond donors (Lipinski definition) is 0. The molecule has 0 aromatic heterocycles. The van der Waals surface area contributed by atoms with E-state index >= 15 is 0 Å². The lowest BCUT2D eigenvalue weighted by Crippen LogP contribution is -2.38. The third kappa shape index (κ3) is 2.16. The lowest BCUT2D eigenvalue weighted by molar-refractivity contribution is -0.158. The predicted molar refractivity (Wildman–Crippen MR) is 48.1 cm³/mol. The standard InChI is InChI=1S/C10H13F3O2/c1-5(2)8(11)10(12,13)9-6(3)4-7(14)15-9/h6,9H,4H2,1-3H3/t6-,9+/m0/s1. The molecule has 0 bridgehead atoms. The fourth-order valence-electron chi connectivity index (χ4n) is 1.57. The maximum atomic E-state index is 13.5. The summed E-state index contributed by atoms with van der Waals surface area (Å²) in [7, 11) is 0. The lowest BCUT2D eigenvalue weighted by atomic mass is 9.96. The predicted octanol–water partition coefficient (Wildman–Crippen LogP) is 2.84. The minimum atomic E-state index is -3.72. The van der Waals surface area contributed by atoms with Crippen LogP contribution in [0.5, 0.6) is 0 Å². The van der Waals surface area contributed by atoms with Gasteiger partial charge in [-0.2, -0.15) is 8.78 Å². The second kappa shape index (κ2) is 3.87. The molecule has 86 valence electrons. The number of allylic oxidation sites excluding steroid dienone is 1. The zero-order valence-corrected chi connectivity index (χ0v) is 8.81. The molecule has 0 aliphatic carbocycles. The van der Waals surface area contributed by atoms with Gasteiger partial charge in [0.2, 0.25) is 0 Å². The Kier molecular flexibility index (Phi) is 3.11. The third-order valence-electron chi connectivity index (χ3n) is 2.35. The van der Waals surface area contributed by atoms with E-state index in [9.17, 15) is 18.0 Å². The molecule has 2 nitrogen and oxygen atoms in total. The van der Waals surface area contributed by atoms with E-state index in [0.29, 0.717) is 0 Å². The van der Waals surface area contributed by atoms with Crippen LogP contribution in [-0.2, 0) is 9.53 Å². The molecule has 0 radical (unpaired) electrons. The highest BCUT2D eigenvalue weighted by atomic mass is 19.3. The van der Waals surface area contributed by atoms with Crippen molar-refractivity contribution >= 4 is 5.97 Å². The fraction of sp³-hybridized carbons (Fsp3) is 0.700. The first kappa shape index (κ1) is 12.1. The van der Waals surface area contributed by atoms with E-state index in [-0.39, 0.29) is 12.0 Å². The van der Waals surface area contributed by atoms with Crippen molar-refractivity contribution in [3.8, 4) is 0 Å². The van der Waals surface area contributed by atoms with Crippen molar-refractivity contribution in [3.05, 3.63) is 11.4 Å². The van der Waals surface area contributed by atoms with Crippen LogP contribution in [-0.4, -0.2) is 18.0 Å². The summed E-state index contributed by atoms with van der Waals surface area (Å²) in [4.78, 5) is 10.8. The normalized spacial score (nSPS) is 26.4.